The van der Waals surface area contributed by atoms with Gasteiger partial charge in [-0.05, 0) is 43.2 Å². The molecule has 0 aliphatic carbocycles. The highest BCUT2D eigenvalue weighted by Crippen LogP contribution is 2.14. The van der Waals surface area contributed by atoms with Gasteiger partial charge in [-0.1, -0.05) is 41.9 Å². The van der Waals surface area contributed by atoms with Crippen molar-refractivity contribution in [1.82, 2.24) is 5.43 Å². The van der Waals surface area contributed by atoms with Gasteiger partial charge in [-0.2, -0.15) is 5.10 Å². The van der Waals surface area contributed by atoms with Crippen LogP contribution in [0.15, 0.2) is 53.6 Å². The minimum absolute atomic E-state index is 0.200. The van der Waals surface area contributed by atoms with Crippen LogP contribution in [-0.4, -0.2) is 18.2 Å². The number of nitrogens with one attached hydrogen (secondary N) is 2. The van der Waals surface area contributed by atoms with Crippen LogP contribution < -0.4 is 10.7 Å². The molecule has 22 heavy (non-hydrogen) atoms. The summed E-state index contributed by atoms with van der Waals surface area (Å²) in [6.07, 6.45) is 1.58. The number of rotatable bonds is 5. The van der Waals surface area contributed by atoms with Gasteiger partial charge in [0, 0.05) is 10.7 Å². The summed E-state index contributed by atoms with van der Waals surface area (Å²) in [7, 11) is 0. The van der Waals surface area contributed by atoms with Crippen molar-refractivity contribution >= 4 is 29.4 Å². The van der Waals surface area contributed by atoms with E-state index in [-0.39, 0.29) is 11.9 Å². The maximum atomic E-state index is 12.0. The predicted octanol–water partition coefficient (Wildman–Crippen LogP) is 3.60. The van der Waals surface area contributed by atoms with Crippen LogP contribution in [0.2, 0.25) is 5.02 Å². The van der Waals surface area contributed by atoms with E-state index in [2.05, 4.69) is 15.8 Å². The number of para-hydroxylation sites is 1. The number of carbonyl (C=O) groups is 1. The van der Waals surface area contributed by atoms with E-state index in [1.165, 1.54) is 0 Å². The number of benzene rings is 2. The summed E-state index contributed by atoms with van der Waals surface area (Å²) in [5.41, 5.74) is 5.41. The highest BCUT2D eigenvalue weighted by molar-refractivity contribution is 6.30. The molecule has 0 fully saturated rings. The minimum atomic E-state index is -0.386. The van der Waals surface area contributed by atoms with Gasteiger partial charge in [-0.3, -0.25) is 4.79 Å². The van der Waals surface area contributed by atoms with E-state index in [9.17, 15) is 4.79 Å². The Morgan fingerprint density at radius 2 is 1.86 bits per heavy atom. The average molecular weight is 316 g/mol. The molecule has 2 rings (SSSR count). The third-order valence-electron chi connectivity index (χ3n) is 3.17. The second-order valence-corrected chi connectivity index (χ2v) is 5.40. The van der Waals surface area contributed by atoms with Crippen molar-refractivity contribution in [2.45, 2.75) is 19.9 Å². The molecule has 0 aliphatic rings. The van der Waals surface area contributed by atoms with Gasteiger partial charge in [0.25, 0.3) is 5.91 Å². The first-order chi connectivity index (χ1) is 10.6. The first-order valence-electron chi connectivity index (χ1n) is 6.97. The SMILES string of the molecule is Cc1ccccc1N[C@H](C)C(=O)N/N=C\c1ccc(Cl)cc1. The first-order valence-corrected chi connectivity index (χ1v) is 7.34. The van der Waals surface area contributed by atoms with Crippen molar-refractivity contribution in [3.05, 3.63) is 64.7 Å². The lowest BCUT2D eigenvalue weighted by Crippen LogP contribution is -2.35. The van der Waals surface area contributed by atoms with Crippen LogP contribution in [-0.2, 0) is 4.79 Å². The van der Waals surface area contributed by atoms with Crippen LogP contribution in [0.1, 0.15) is 18.1 Å². The molecule has 0 saturated carbocycles. The lowest BCUT2D eigenvalue weighted by molar-refractivity contribution is -0.121. The van der Waals surface area contributed by atoms with Gasteiger partial charge in [0.05, 0.1) is 6.21 Å². The fraction of sp³-hybridized carbons (Fsp3) is 0.176. The van der Waals surface area contributed by atoms with E-state index in [0.717, 1.165) is 16.8 Å². The van der Waals surface area contributed by atoms with E-state index in [4.69, 9.17) is 11.6 Å². The second-order valence-electron chi connectivity index (χ2n) is 4.97. The molecule has 0 bridgehead atoms. The van der Waals surface area contributed by atoms with Gasteiger partial charge in [0.15, 0.2) is 0 Å². The molecule has 0 aliphatic heterocycles. The maximum Gasteiger partial charge on any atom is 0.262 e. The zero-order chi connectivity index (χ0) is 15.9. The molecule has 0 radical (unpaired) electrons. The topological polar surface area (TPSA) is 53.5 Å². The Morgan fingerprint density at radius 1 is 1.18 bits per heavy atom. The smallest absolute Gasteiger partial charge is 0.262 e. The Labute approximate surface area is 135 Å². The van der Waals surface area contributed by atoms with Crippen molar-refractivity contribution in [3.63, 3.8) is 0 Å². The van der Waals surface area contributed by atoms with Gasteiger partial charge >= 0.3 is 0 Å². The lowest BCUT2D eigenvalue weighted by Gasteiger charge is -2.15. The van der Waals surface area contributed by atoms with E-state index < -0.39 is 0 Å². The largest absolute Gasteiger partial charge is 0.374 e. The van der Waals surface area contributed by atoms with Crippen molar-refractivity contribution in [3.8, 4) is 0 Å². The molecular weight excluding hydrogens is 298 g/mol. The molecule has 0 saturated heterocycles. The number of carbonyl (C=O) groups excluding carboxylic acids is 1. The molecule has 1 amide bonds. The number of halogens is 1. The quantitative estimate of drug-likeness (QED) is 0.654. The van der Waals surface area contributed by atoms with Gasteiger partial charge in [0.2, 0.25) is 0 Å². The number of anilines is 1. The zero-order valence-corrected chi connectivity index (χ0v) is 13.3. The van der Waals surface area contributed by atoms with Crippen LogP contribution in [0.4, 0.5) is 5.69 Å². The lowest BCUT2D eigenvalue weighted by atomic mass is 10.2. The molecule has 2 aromatic carbocycles. The molecule has 1 atom stereocenters. The van der Waals surface area contributed by atoms with Crippen molar-refractivity contribution in [1.29, 1.82) is 0 Å². The third-order valence-corrected chi connectivity index (χ3v) is 3.42. The van der Waals surface area contributed by atoms with E-state index >= 15 is 0 Å². The minimum Gasteiger partial charge on any atom is -0.374 e. The molecule has 2 aromatic rings. The number of hydrogen-bond donors (Lipinski definition) is 2. The van der Waals surface area contributed by atoms with Crippen LogP contribution in [0.5, 0.6) is 0 Å². The fourth-order valence-corrected chi connectivity index (χ4v) is 1.98. The van der Waals surface area contributed by atoms with Gasteiger partial charge in [-0.15, -0.1) is 0 Å². The van der Waals surface area contributed by atoms with Crippen LogP contribution in [0, 0.1) is 6.92 Å². The summed E-state index contributed by atoms with van der Waals surface area (Å²) >= 11 is 5.80. The highest BCUT2D eigenvalue weighted by Gasteiger charge is 2.12. The summed E-state index contributed by atoms with van der Waals surface area (Å²) < 4.78 is 0. The summed E-state index contributed by atoms with van der Waals surface area (Å²) in [4.78, 5) is 12.0. The fourth-order valence-electron chi connectivity index (χ4n) is 1.85. The van der Waals surface area contributed by atoms with Crippen LogP contribution in [0.3, 0.4) is 0 Å². The third kappa shape index (κ3) is 4.60. The van der Waals surface area contributed by atoms with Crippen molar-refractivity contribution < 1.29 is 4.79 Å². The Bertz CT molecular complexity index is 668. The van der Waals surface area contributed by atoms with Crippen molar-refractivity contribution in [2.24, 2.45) is 5.10 Å². The van der Waals surface area contributed by atoms with E-state index in [0.29, 0.717) is 5.02 Å². The predicted molar refractivity (Wildman–Crippen MR) is 91.5 cm³/mol. The summed E-state index contributed by atoms with van der Waals surface area (Å²) in [6.45, 7) is 3.78. The number of hydrazone groups is 1. The van der Waals surface area contributed by atoms with Gasteiger partial charge in [0.1, 0.15) is 6.04 Å². The molecule has 5 heteroatoms. The van der Waals surface area contributed by atoms with E-state index in [1.807, 2.05) is 43.3 Å². The molecule has 0 heterocycles. The monoisotopic (exact) mass is 315 g/mol. The Balaban J connectivity index is 1.89. The number of hydrogen-bond acceptors (Lipinski definition) is 3. The van der Waals surface area contributed by atoms with Crippen LogP contribution >= 0.6 is 11.6 Å². The number of amides is 1. The Hall–Kier alpha value is -2.33. The molecule has 0 aromatic heterocycles. The number of aryl methyl sites for hydroxylation is 1. The number of nitrogens with zero attached hydrogens (tertiary/aromatic N) is 1. The molecule has 114 valence electrons. The summed E-state index contributed by atoms with van der Waals surface area (Å²) in [5.74, 6) is -0.200. The second kappa shape index (κ2) is 7.61. The van der Waals surface area contributed by atoms with Crippen LogP contribution in [0.25, 0.3) is 0 Å². The summed E-state index contributed by atoms with van der Waals surface area (Å²) in [6, 6.07) is 14.6. The Morgan fingerprint density at radius 3 is 2.55 bits per heavy atom. The highest BCUT2D eigenvalue weighted by atomic mass is 35.5. The van der Waals surface area contributed by atoms with Crippen molar-refractivity contribution in [2.75, 3.05) is 5.32 Å². The Kier molecular flexibility index (Phi) is 5.55. The molecule has 4 nitrogen and oxygen atoms in total. The normalized spacial score (nSPS) is 12.1. The van der Waals surface area contributed by atoms with Gasteiger partial charge in [-0.25, -0.2) is 5.43 Å². The first kappa shape index (κ1) is 16.0. The molecule has 0 unspecified atom stereocenters. The molecule has 0 spiro atoms. The molecule has 2 N–H and O–H groups in total. The average Bonchev–Trinajstić information content (AvgIpc) is 2.51. The van der Waals surface area contributed by atoms with E-state index in [1.54, 1.807) is 25.3 Å². The zero-order valence-electron chi connectivity index (χ0n) is 12.5. The standard InChI is InChI=1S/C17H18ClN3O/c1-12-5-3-4-6-16(12)20-13(2)17(22)21-19-11-14-7-9-15(18)10-8-14/h3-11,13,20H,1-2H3,(H,21,22)/b19-11-/t13-/m1/s1. The molecular formula is C17H18ClN3O. The summed E-state index contributed by atoms with van der Waals surface area (Å²) in [5, 5.41) is 7.78. The maximum absolute atomic E-state index is 12.0. The van der Waals surface area contributed by atoms with Gasteiger partial charge < -0.3 is 5.32 Å².